The van der Waals surface area contributed by atoms with Crippen LogP contribution in [0.4, 0.5) is 23.5 Å². The third-order valence-electron chi connectivity index (χ3n) is 7.46. The molecule has 0 aliphatic heterocycles. The number of nitrogens with one attached hydrogen (secondary N) is 3. The van der Waals surface area contributed by atoms with Crippen molar-refractivity contribution in [3.05, 3.63) is 130 Å². The first-order chi connectivity index (χ1) is 25.9. The number of aldehydes is 1. The number of nitrogen functional groups attached to an aromatic ring is 1. The van der Waals surface area contributed by atoms with E-state index in [0.717, 1.165) is 54.1 Å². The Balaban J connectivity index is 0.000000152. The van der Waals surface area contributed by atoms with Gasteiger partial charge in [-0.25, -0.2) is 29.9 Å². The highest BCUT2D eigenvalue weighted by molar-refractivity contribution is 9.11. The summed E-state index contributed by atoms with van der Waals surface area (Å²) in [6.45, 7) is 0.578. The number of hydrogen-bond donors (Lipinski definition) is 4. The van der Waals surface area contributed by atoms with Crippen LogP contribution in [0, 0.1) is 0 Å². The number of nitrogens with two attached hydrogens (primary N) is 1. The third kappa shape index (κ3) is 8.95. The molecule has 0 amide bonds. The first-order valence-electron chi connectivity index (χ1n) is 16.0. The first kappa shape index (κ1) is 36.5. The molecule has 0 bridgehead atoms. The standard InChI is InChI=1S/C18H16BrN7.C12H9BrN4.C6H7N3O/c1-20-18-22-9-12(10-23-18)8-21-16-7-15(13-5-3-2-4-6-13)25-17-14(19)11-24-26(16)17;13-9-7-15-17-11(14)6-10(16-12(9)17)8-4-2-1-3-5-8;1-7-6-8-2-5(4-10)3-9-6/h2-7,9-11,21H,8H2,1H3,(H,20,22,23);1-7H,14H2;2-4H,1H3,(H,7,8,9). The predicted molar refractivity (Wildman–Crippen MR) is 213 cm³/mol. The highest BCUT2D eigenvalue weighted by atomic mass is 79.9. The van der Waals surface area contributed by atoms with Crippen LogP contribution in [0.15, 0.2) is 119 Å². The van der Waals surface area contributed by atoms with Crippen LogP contribution in [0.5, 0.6) is 0 Å². The van der Waals surface area contributed by atoms with Gasteiger partial charge in [0.25, 0.3) is 0 Å². The Morgan fingerprint density at radius 3 is 1.70 bits per heavy atom. The van der Waals surface area contributed by atoms with E-state index in [1.807, 2.05) is 72.8 Å². The van der Waals surface area contributed by atoms with Gasteiger partial charge < -0.3 is 21.7 Å². The maximum absolute atomic E-state index is 10.1. The molecule has 53 heavy (non-hydrogen) atoms. The number of nitrogens with zero attached hydrogens (tertiary/aromatic N) is 10. The fourth-order valence-corrected chi connectivity index (χ4v) is 5.53. The number of carbonyl (C=O) groups is 1. The molecule has 0 unspecified atom stereocenters. The number of hydrogen-bond acceptors (Lipinski definition) is 13. The topological polar surface area (TPSA) is 191 Å². The Labute approximate surface area is 320 Å². The summed E-state index contributed by atoms with van der Waals surface area (Å²) >= 11 is 6.93. The normalized spacial score (nSPS) is 10.5. The Morgan fingerprint density at radius 1 is 0.679 bits per heavy atom. The lowest BCUT2D eigenvalue weighted by Crippen LogP contribution is -2.07. The van der Waals surface area contributed by atoms with E-state index in [-0.39, 0.29) is 0 Å². The van der Waals surface area contributed by atoms with Crippen LogP contribution in [0.25, 0.3) is 33.8 Å². The first-order valence-corrected chi connectivity index (χ1v) is 17.6. The number of carbonyl (C=O) groups excluding carboxylic acids is 1. The van der Waals surface area contributed by atoms with Gasteiger partial charge in [-0.15, -0.1) is 0 Å². The highest BCUT2D eigenvalue weighted by Gasteiger charge is 2.12. The second kappa shape index (κ2) is 17.3. The molecule has 17 heteroatoms. The van der Waals surface area contributed by atoms with Crippen molar-refractivity contribution >= 4 is 73.0 Å². The average molecular weight is 837 g/mol. The van der Waals surface area contributed by atoms with Crippen molar-refractivity contribution in [2.75, 3.05) is 35.8 Å². The van der Waals surface area contributed by atoms with Gasteiger partial charge in [0.1, 0.15) is 11.6 Å². The van der Waals surface area contributed by atoms with Gasteiger partial charge >= 0.3 is 0 Å². The van der Waals surface area contributed by atoms with E-state index < -0.39 is 0 Å². The minimum absolute atomic E-state index is 0.485. The minimum Gasteiger partial charge on any atom is -0.384 e. The summed E-state index contributed by atoms with van der Waals surface area (Å²) in [5, 5.41) is 17.6. The van der Waals surface area contributed by atoms with Crippen molar-refractivity contribution in [3.8, 4) is 22.5 Å². The maximum atomic E-state index is 10.1. The Hall–Kier alpha value is -6.33. The van der Waals surface area contributed by atoms with E-state index in [9.17, 15) is 4.79 Å². The molecule has 8 rings (SSSR count). The molecule has 0 saturated carbocycles. The fourth-order valence-electron chi connectivity index (χ4n) is 4.83. The molecule has 0 aliphatic rings. The molecule has 15 nitrogen and oxygen atoms in total. The molecule has 0 aliphatic carbocycles. The Bertz CT molecular complexity index is 2420. The summed E-state index contributed by atoms with van der Waals surface area (Å²) in [7, 11) is 3.51. The van der Waals surface area contributed by atoms with Crippen molar-refractivity contribution in [2.45, 2.75) is 6.54 Å². The zero-order chi connectivity index (χ0) is 37.2. The second-order valence-electron chi connectivity index (χ2n) is 11.0. The summed E-state index contributed by atoms with van der Waals surface area (Å²) in [6.07, 6.45) is 10.7. The van der Waals surface area contributed by atoms with E-state index >= 15 is 0 Å². The van der Waals surface area contributed by atoms with Crippen LogP contribution < -0.4 is 21.7 Å². The van der Waals surface area contributed by atoms with Gasteiger partial charge in [-0.05, 0) is 31.9 Å². The number of fused-ring (bicyclic) bond motifs is 2. The van der Waals surface area contributed by atoms with E-state index in [2.05, 4.69) is 82.9 Å². The fraction of sp³-hybridized carbons (Fsp3) is 0.0833. The van der Waals surface area contributed by atoms with Crippen LogP contribution >= 0.6 is 31.9 Å². The lowest BCUT2D eigenvalue weighted by Gasteiger charge is -2.11. The van der Waals surface area contributed by atoms with Gasteiger partial charge in [0, 0.05) is 74.3 Å². The molecule has 2 aromatic carbocycles. The molecule has 0 radical (unpaired) electrons. The monoisotopic (exact) mass is 834 g/mol. The largest absolute Gasteiger partial charge is 0.384 e. The summed E-state index contributed by atoms with van der Waals surface area (Å²) in [5.41, 5.74) is 12.7. The van der Waals surface area contributed by atoms with Crippen LogP contribution in [0.2, 0.25) is 0 Å². The molecular formula is C36H32Br2N14O. The summed E-state index contributed by atoms with van der Waals surface area (Å²) in [4.78, 5) is 35.5. The van der Waals surface area contributed by atoms with Gasteiger partial charge in [-0.1, -0.05) is 60.7 Å². The van der Waals surface area contributed by atoms with Crippen molar-refractivity contribution in [1.82, 2.24) is 49.1 Å². The van der Waals surface area contributed by atoms with Gasteiger partial charge in [0.05, 0.1) is 38.3 Å². The molecule has 0 spiro atoms. The summed E-state index contributed by atoms with van der Waals surface area (Å²) < 4.78 is 5.07. The van der Waals surface area contributed by atoms with Crippen molar-refractivity contribution in [2.24, 2.45) is 0 Å². The highest BCUT2D eigenvalue weighted by Crippen LogP contribution is 2.27. The van der Waals surface area contributed by atoms with Gasteiger partial charge in [0.2, 0.25) is 11.9 Å². The molecular weight excluding hydrogens is 804 g/mol. The van der Waals surface area contributed by atoms with Gasteiger partial charge in [-0.3, -0.25) is 4.79 Å². The lowest BCUT2D eigenvalue weighted by molar-refractivity contribution is 0.112. The number of rotatable bonds is 8. The minimum atomic E-state index is 0.485. The molecule has 0 saturated heterocycles. The van der Waals surface area contributed by atoms with E-state index in [4.69, 9.17) is 10.7 Å². The van der Waals surface area contributed by atoms with Crippen LogP contribution in [0.3, 0.4) is 0 Å². The van der Waals surface area contributed by atoms with E-state index in [1.165, 1.54) is 12.4 Å². The van der Waals surface area contributed by atoms with E-state index in [1.54, 1.807) is 47.9 Å². The zero-order valence-electron chi connectivity index (χ0n) is 28.4. The zero-order valence-corrected chi connectivity index (χ0v) is 31.6. The molecule has 5 N–H and O–H groups in total. The molecule has 0 atom stereocenters. The third-order valence-corrected chi connectivity index (χ3v) is 8.58. The Morgan fingerprint density at radius 2 is 1.17 bits per heavy atom. The number of halogens is 2. The van der Waals surface area contributed by atoms with Gasteiger partial charge in [-0.2, -0.15) is 19.2 Å². The van der Waals surface area contributed by atoms with E-state index in [0.29, 0.717) is 36.1 Å². The second-order valence-corrected chi connectivity index (χ2v) is 12.7. The molecule has 6 heterocycles. The smallest absolute Gasteiger partial charge is 0.222 e. The average Bonchev–Trinajstić information content (AvgIpc) is 3.80. The van der Waals surface area contributed by atoms with Crippen molar-refractivity contribution in [1.29, 1.82) is 0 Å². The van der Waals surface area contributed by atoms with Crippen LogP contribution in [-0.2, 0) is 6.54 Å². The van der Waals surface area contributed by atoms with Crippen molar-refractivity contribution in [3.63, 3.8) is 0 Å². The molecule has 8 aromatic rings. The van der Waals surface area contributed by atoms with Crippen LogP contribution in [-0.4, -0.2) is 69.5 Å². The number of anilines is 4. The SMILES string of the molecule is CNc1ncc(C=O)cn1.CNc1ncc(CNc2cc(-c3ccccc3)nc3c(Br)cnn23)cn1.Nc1cc(-c2ccccc2)nc2c(Br)cnn12. The number of benzene rings is 2. The lowest BCUT2D eigenvalue weighted by atomic mass is 10.1. The quantitative estimate of drug-likeness (QED) is 0.119. The van der Waals surface area contributed by atoms with Gasteiger partial charge in [0.15, 0.2) is 17.6 Å². The Kier molecular flexibility index (Phi) is 11.9. The molecule has 6 aromatic heterocycles. The summed E-state index contributed by atoms with van der Waals surface area (Å²) in [5.74, 6) is 2.53. The molecule has 266 valence electrons. The molecule has 0 fully saturated rings. The van der Waals surface area contributed by atoms with Crippen LogP contribution in [0.1, 0.15) is 15.9 Å². The predicted octanol–water partition coefficient (Wildman–Crippen LogP) is 6.67. The van der Waals surface area contributed by atoms with Crippen molar-refractivity contribution < 1.29 is 4.79 Å². The summed E-state index contributed by atoms with van der Waals surface area (Å²) in [6, 6.07) is 23.8. The number of aromatic nitrogens is 10. The maximum Gasteiger partial charge on any atom is 0.222 e.